The fourth-order valence-corrected chi connectivity index (χ4v) is 2.86. The molecule has 2 heterocycles. The highest BCUT2D eigenvalue weighted by atomic mass is 19.1. The number of aromatic amines is 1. The predicted molar refractivity (Wildman–Crippen MR) is 98.6 cm³/mol. The molecule has 134 valence electrons. The molecule has 0 saturated heterocycles. The monoisotopic (exact) mass is 363 g/mol. The Morgan fingerprint density at radius 3 is 2.85 bits per heavy atom. The highest BCUT2D eigenvalue weighted by molar-refractivity contribution is 6.05. The molecule has 0 spiro atoms. The minimum Gasteiger partial charge on any atom is -0.320 e. The zero-order valence-electron chi connectivity index (χ0n) is 14.2. The molecule has 4 aromatic rings. The Morgan fingerprint density at radius 2 is 2.04 bits per heavy atom. The number of carbonyl (C=O) groups is 1. The van der Waals surface area contributed by atoms with Crippen LogP contribution in [0.3, 0.4) is 0 Å². The van der Waals surface area contributed by atoms with Crippen LogP contribution >= 0.6 is 0 Å². The van der Waals surface area contributed by atoms with Crippen molar-refractivity contribution in [1.29, 1.82) is 0 Å². The summed E-state index contributed by atoms with van der Waals surface area (Å²) in [5.74, 6) is -0.928. The molecular formula is C19H14FN5O2. The van der Waals surface area contributed by atoms with E-state index in [1.54, 1.807) is 37.3 Å². The summed E-state index contributed by atoms with van der Waals surface area (Å²) in [5.41, 5.74) is 1.91. The number of carbonyl (C=O) groups excluding carboxylic acids is 1. The van der Waals surface area contributed by atoms with Crippen molar-refractivity contribution in [2.75, 3.05) is 5.32 Å². The van der Waals surface area contributed by atoms with Gasteiger partial charge in [0, 0.05) is 5.56 Å². The van der Waals surface area contributed by atoms with Crippen molar-refractivity contribution in [3.8, 4) is 5.69 Å². The number of rotatable bonds is 3. The van der Waals surface area contributed by atoms with Crippen molar-refractivity contribution >= 4 is 22.6 Å². The molecule has 0 fully saturated rings. The molecule has 2 aromatic heterocycles. The molecule has 0 aliphatic carbocycles. The number of hydrogen-bond donors (Lipinski definition) is 2. The van der Waals surface area contributed by atoms with E-state index in [0.29, 0.717) is 28.0 Å². The lowest BCUT2D eigenvalue weighted by atomic mass is 10.1. The van der Waals surface area contributed by atoms with Gasteiger partial charge in [-0.2, -0.15) is 5.10 Å². The Hall–Kier alpha value is -3.81. The highest BCUT2D eigenvalue weighted by Crippen LogP contribution is 2.23. The summed E-state index contributed by atoms with van der Waals surface area (Å²) in [5, 5.41) is 7.32. The average Bonchev–Trinajstić information content (AvgIpc) is 3.07. The first-order valence-electron chi connectivity index (χ1n) is 8.12. The normalized spacial score (nSPS) is 10.9. The molecule has 1 amide bonds. The third-order valence-corrected chi connectivity index (χ3v) is 4.06. The molecule has 0 atom stereocenters. The van der Waals surface area contributed by atoms with Crippen LogP contribution in [0.2, 0.25) is 0 Å². The summed E-state index contributed by atoms with van der Waals surface area (Å²) in [6, 6.07) is 11.1. The van der Waals surface area contributed by atoms with Gasteiger partial charge in [-0.25, -0.2) is 14.1 Å². The Balaban J connectivity index is 1.76. The van der Waals surface area contributed by atoms with Crippen LogP contribution in [0, 0.1) is 12.7 Å². The number of aromatic nitrogens is 4. The Labute approximate surface area is 152 Å². The van der Waals surface area contributed by atoms with Crippen molar-refractivity contribution in [2.24, 2.45) is 0 Å². The van der Waals surface area contributed by atoms with Crippen LogP contribution in [0.1, 0.15) is 15.9 Å². The molecule has 0 unspecified atom stereocenters. The maximum atomic E-state index is 13.6. The third-order valence-electron chi connectivity index (χ3n) is 4.06. The van der Waals surface area contributed by atoms with E-state index in [4.69, 9.17) is 0 Å². The Morgan fingerprint density at radius 1 is 1.22 bits per heavy atom. The number of para-hydroxylation sites is 2. The largest absolute Gasteiger partial charge is 0.320 e. The maximum Gasteiger partial charge on any atom is 0.261 e. The number of hydrogen-bond acceptors (Lipinski definition) is 4. The summed E-state index contributed by atoms with van der Waals surface area (Å²) >= 11 is 0. The number of nitrogens with zero attached hydrogens (tertiary/aromatic N) is 3. The number of H-pyrrole nitrogens is 1. The first-order chi connectivity index (χ1) is 13.0. The van der Waals surface area contributed by atoms with Gasteiger partial charge in [-0.3, -0.25) is 9.59 Å². The van der Waals surface area contributed by atoms with E-state index in [0.717, 1.165) is 0 Å². The minimum absolute atomic E-state index is 0.210. The first kappa shape index (κ1) is 16.6. The van der Waals surface area contributed by atoms with Gasteiger partial charge in [0.25, 0.3) is 11.5 Å². The van der Waals surface area contributed by atoms with Crippen LogP contribution < -0.4 is 10.9 Å². The van der Waals surface area contributed by atoms with Crippen molar-refractivity contribution in [3.05, 3.63) is 82.3 Å². The smallest absolute Gasteiger partial charge is 0.261 e. The zero-order chi connectivity index (χ0) is 19.0. The average molecular weight is 363 g/mol. The van der Waals surface area contributed by atoms with Gasteiger partial charge in [0.05, 0.1) is 23.9 Å². The van der Waals surface area contributed by atoms with Gasteiger partial charge in [0.1, 0.15) is 11.2 Å². The summed E-state index contributed by atoms with van der Waals surface area (Å²) in [6.07, 6.45) is 2.70. The van der Waals surface area contributed by atoms with E-state index in [1.807, 2.05) is 0 Å². The molecule has 2 aromatic carbocycles. The number of benzene rings is 2. The van der Waals surface area contributed by atoms with Crippen molar-refractivity contribution < 1.29 is 9.18 Å². The second-order valence-electron chi connectivity index (χ2n) is 6.01. The standard InChI is InChI=1S/C19H14FN5O2/c1-11-6-12(8-13(20)7-11)18(26)24-15-4-2-3-5-16(15)25-17-14(9-23-25)19(27)22-10-21-17/h2-10H,1H3,(H,24,26)(H,21,22,27). The second kappa shape index (κ2) is 6.49. The molecule has 7 nitrogen and oxygen atoms in total. The minimum atomic E-state index is -0.477. The summed E-state index contributed by atoms with van der Waals surface area (Å²) in [4.78, 5) is 31.1. The molecule has 0 aliphatic heterocycles. The number of halogens is 1. The van der Waals surface area contributed by atoms with Crippen LogP contribution in [0.5, 0.6) is 0 Å². The van der Waals surface area contributed by atoms with E-state index in [1.165, 1.54) is 29.3 Å². The SMILES string of the molecule is Cc1cc(F)cc(C(=O)Nc2ccccc2-n2ncc3c(=O)[nH]cnc32)c1. The summed E-state index contributed by atoms with van der Waals surface area (Å²) < 4.78 is 15.1. The van der Waals surface area contributed by atoms with Crippen LogP contribution in [0.4, 0.5) is 10.1 Å². The van der Waals surface area contributed by atoms with Crippen LogP contribution in [-0.4, -0.2) is 25.7 Å². The summed E-state index contributed by atoms with van der Waals surface area (Å²) in [7, 11) is 0. The molecule has 27 heavy (non-hydrogen) atoms. The van der Waals surface area contributed by atoms with Gasteiger partial charge in [-0.15, -0.1) is 0 Å². The molecule has 8 heteroatoms. The first-order valence-corrected chi connectivity index (χ1v) is 8.12. The van der Waals surface area contributed by atoms with Gasteiger partial charge in [-0.05, 0) is 42.8 Å². The molecule has 0 bridgehead atoms. The lowest BCUT2D eigenvalue weighted by Gasteiger charge is -2.12. The lowest BCUT2D eigenvalue weighted by molar-refractivity contribution is 0.102. The second-order valence-corrected chi connectivity index (χ2v) is 6.01. The molecule has 0 radical (unpaired) electrons. The van der Waals surface area contributed by atoms with E-state index >= 15 is 0 Å². The fourth-order valence-electron chi connectivity index (χ4n) is 2.86. The highest BCUT2D eigenvalue weighted by Gasteiger charge is 2.15. The quantitative estimate of drug-likeness (QED) is 0.585. The van der Waals surface area contributed by atoms with E-state index in [-0.39, 0.29) is 11.1 Å². The lowest BCUT2D eigenvalue weighted by Crippen LogP contribution is -2.15. The van der Waals surface area contributed by atoms with Gasteiger partial charge in [-0.1, -0.05) is 12.1 Å². The van der Waals surface area contributed by atoms with Crippen LogP contribution in [0.25, 0.3) is 16.7 Å². The van der Waals surface area contributed by atoms with Crippen LogP contribution in [0.15, 0.2) is 59.8 Å². The molecule has 4 rings (SSSR count). The Kier molecular flexibility index (Phi) is 4.00. The van der Waals surface area contributed by atoms with Crippen molar-refractivity contribution in [1.82, 2.24) is 19.7 Å². The van der Waals surface area contributed by atoms with E-state index in [2.05, 4.69) is 20.4 Å². The van der Waals surface area contributed by atoms with Crippen LogP contribution in [-0.2, 0) is 0 Å². The zero-order valence-corrected chi connectivity index (χ0v) is 14.2. The third kappa shape index (κ3) is 3.08. The number of amides is 1. The van der Waals surface area contributed by atoms with Crippen molar-refractivity contribution in [3.63, 3.8) is 0 Å². The van der Waals surface area contributed by atoms with E-state index < -0.39 is 11.7 Å². The molecular weight excluding hydrogens is 349 g/mol. The van der Waals surface area contributed by atoms with Gasteiger partial charge in [0.2, 0.25) is 0 Å². The Bertz CT molecular complexity index is 1210. The van der Waals surface area contributed by atoms with E-state index in [9.17, 15) is 14.0 Å². The van der Waals surface area contributed by atoms with Gasteiger partial charge < -0.3 is 10.3 Å². The van der Waals surface area contributed by atoms with Crippen molar-refractivity contribution in [2.45, 2.75) is 6.92 Å². The number of anilines is 1. The number of fused-ring (bicyclic) bond motifs is 1. The van der Waals surface area contributed by atoms with Gasteiger partial charge in [0.15, 0.2) is 5.65 Å². The predicted octanol–water partition coefficient (Wildman–Crippen LogP) is 2.81. The maximum absolute atomic E-state index is 13.6. The number of aryl methyl sites for hydroxylation is 1. The topological polar surface area (TPSA) is 92.7 Å². The molecule has 0 saturated carbocycles. The molecule has 0 aliphatic rings. The number of nitrogens with one attached hydrogen (secondary N) is 2. The molecule has 2 N–H and O–H groups in total. The fraction of sp³-hybridized carbons (Fsp3) is 0.0526. The van der Waals surface area contributed by atoms with Gasteiger partial charge >= 0.3 is 0 Å². The summed E-state index contributed by atoms with van der Waals surface area (Å²) in [6.45, 7) is 1.72.